The minimum atomic E-state index is 0.272. The van der Waals surface area contributed by atoms with E-state index in [-0.39, 0.29) is 5.54 Å². The maximum Gasteiger partial charge on any atom is 0.157 e. The van der Waals surface area contributed by atoms with E-state index in [9.17, 15) is 0 Å². The molecule has 2 unspecified atom stereocenters. The van der Waals surface area contributed by atoms with E-state index >= 15 is 0 Å². The van der Waals surface area contributed by atoms with Crippen LogP contribution >= 0.6 is 11.8 Å². The largest absolute Gasteiger partial charge is 0.359 e. The first-order valence-corrected chi connectivity index (χ1v) is 7.11. The third kappa shape index (κ3) is 3.71. The second kappa shape index (κ2) is 5.78. The molecule has 0 amide bonds. The minimum absolute atomic E-state index is 0.272. The molecule has 1 aliphatic rings. The van der Waals surface area contributed by atoms with Gasteiger partial charge in [0.25, 0.3) is 0 Å². The lowest BCUT2D eigenvalue weighted by Crippen LogP contribution is -2.40. The van der Waals surface area contributed by atoms with Crippen LogP contribution in [-0.2, 0) is 0 Å². The van der Waals surface area contributed by atoms with E-state index in [0.717, 1.165) is 12.2 Å². The molecule has 1 saturated heterocycles. The molecule has 1 rings (SSSR count). The fourth-order valence-corrected chi connectivity index (χ4v) is 2.95. The van der Waals surface area contributed by atoms with Crippen LogP contribution < -0.4 is 5.32 Å². The van der Waals surface area contributed by atoms with Gasteiger partial charge in [0.15, 0.2) is 5.17 Å². The average molecular weight is 228 g/mol. The number of hydrogen-bond donors (Lipinski definition) is 1. The summed E-state index contributed by atoms with van der Waals surface area (Å²) >= 11 is 1.88. The third-order valence-corrected chi connectivity index (χ3v) is 4.37. The SMILES string of the molecule is CCCC(CC)N=C1NC(C)(CC)CS1. The molecule has 1 heterocycles. The highest BCUT2D eigenvalue weighted by Crippen LogP contribution is 2.26. The summed E-state index contributed by atoms with van der Waals surface area (Å²) in [7, 11) is 0. The Morgan fingerprint density at radius 3 is 2.67 bits per heavy atom. The van der Waals surface area contributed by atoms with Crippen molar-refractivity contribution in [3.8, 4) is 0 Å². The van der Waals surface area contributed by atoms with Crippen molar-refractivity contribution in [2.75, 3.05) is 5.75 Å². The molecule has 1 aliphatic heterocycles. The smallest absolute Gasteiger partial charge is 0.157 e. The first-order chi connectivity index (χ1) is 7.13. The molecule has 2 nitrogen and oxygen atoms in total. The van der Waals surface area contributed by atoms with Gasteiger partial charge in [0, 0.05) is 11.3 Å². The van der Waals surface area contributed by atoms with Crippen molar-refractivity contribution in [1.82, 2.24) is 5.32 Å². The Morgan fingerprint density at radius 2 is 2.20 bits per heavy atom. The van der Waals surface area contributed by atoms with Gasteiger partial charge in [-0.25, -0.2) is 0 Å². The summed E-state index contributed by atoms with van der Waals surface area (Å²) in [6, 6.07) is 0.518. The van der Waals surface area contributed by atoms with Crippen LogP contribution in [0.1, 0.15) is 53.4 Å². The molecule has 0 bridgehead atoms. The Kier molecular flexibility index (Phi) is 4.97. The summed E-state index contributed by atoms with van der Waals surface area (Å²) in [6.07, 6.45) is 4.77. The lowest BCUT2D eigenvalue weighted by atomic mass is 10.0. The predicted octanol–water partition coefficient (Wildman–Crippen LogP) is 3.43. The van der Waals surface area contributed by atoms with Crippen LogP contribution in [-0.4, -0.2) is 22.5 Å². The Hall–Kier alpha value is -0.180. The molecule has 3 heteroatoms. The highest BCUT2D eigenvalue weighted by atomic mass is 32.2. The number of hydrogen-bond acceptors (Lipinski definition) is 2. The van der Waals surface area contributed by atoms with Gasteiger partial charge < -0.3 is 5.32 Å². The molecule has 0 spiro atoms. The number of rotatable bonds is 5. The number of amidine groups is 1. The molecule has 0 aliphatic carbocycles. The molecule has 2 atom stereocenters. The molecule has 0 radical (unpaired) electrons. The Labute approximate surface area is 98.3 Å². The molecule has 1 N–H and O–H groups in total. The van der Waals surface area contributed by atoms with Gasteiger partial charge in [-0.1, -0.05) is 39.0 Å². The van der Waals surface area contributed by atoms with E-state index in [0.29, 0.717) is 6.04 Å². The van der Waals surface area contributed by atoms with Gasteiger partial charge in [-0.3, -0.25) is 4.99 Å². The second-order valence-electron chi connectivity index (χ2n) is 4.61. The van der Waals surface area contributed by atoms with Crippen LogP contribution in [0.2, 0.25) is 0 Å². The van der Waals surface area contributed by atoms with Gasteiger partial charge >= 0.3 is 0 Å². The molecular formula is C12H24N2S. The van der Waals surface area contributed by atoms with Crippen molar-refractivity contribution >= 4 is 16.9 Å². The van der Waals surface area contributed by atoms with Crippen LogP contribution in [0.15, 0.2) is 4.99 Å². The van der Waals surface area contributed by atoms with Crippen molar-refractivity contribution in [3.05, 3.63) is 0 Å². The van der Waals surface area contributed by atoms with Gasteiger partial charge in [-0.15, -0.1) is 0 Å². The minimum Gasteiger partial charge on any atom is -0.359 e. The maximum absolute atomic E-state index is 4.80. The summed E-state index contributed by atoms with van der Waals surface area (Å²) in [5.41, 5.74) is 0.272. The van der Waals surface area contributed by atoms with Crippen LogP contribution in [0.4, 0.5) is 0 Å². The van der Waals surface area contributed by atoms with Crippen molar-refractivity contribution in [2.45, 2.75) is 65.0 Å². The zero-order valence-electron chi connectivity index (χ0n) is 10.5. The first kappa shape index (κ1) is 12.9. The molecule has 0 aromatic rings. The number of thioether (sulfide) groups is 1. The van der Waals surface area contributed by atoms with Crippen LogP contribution in [0.3, 0.4) is 0 Å². The quantitative estimate of drug-likeness (QED) is 0.779. The molecular weight excluding hydrogens is 204 g/mol. The van der Waals surface area contributed by atoms with E-state index in [1.807, 2.05) is 11.8 Å². The fraction of sp³-hybridized carbons (Fsp3) is 0.917. The lowest BCUT2D eigenvalue weighted by Gasteiger charge is -2.21. The maximum atomic E-state index is 4.80. The van der Waals surface area contributed by atoms with Crippen molar-refractivity contribution in [1.29, 1.82) is 0 Å². The van der Waals surface area contributed by atoms with Crippen molar-refractivity contribution in [3.63, 3.8) is 0 Å². The molecule has 88 valence electrons. The molecule has 15 heavy (non-hydrogen) atoms. The average Bonchev–Trinajstić information content (AvgIpc) is 2.60. The number of aliphatic imine (C=N–C) groups is 1. The predicted molar refractivity (Wildman–Crippen MR) is 70.7 cm³/mol. The number of nitrogens with one attached hydrogen (secondary N) is 1. The monoisotopic (exact) mass is 228 g/mol. The highest BCUT2D eigenvalue weighted by molar-refractivity contribution is 8.14. The highest BCUT2D eigenvalue weighted by Gasteiger charge is 2.30. The van der Waals surface area contributed by atoms with Gasteiger partial charge in [-0.2, -0.15) is 0 Å². The van der Waals surface area contributed by atoms with Gasteiger partial charge in [-0.05, 0) is 26.2 Å². The van der Waals surface area contributed by atoms with Gasteiger partial charge in [0.2, 0.25) is 0 Å². The molecule has 0 saturated carbocycles. The first-order valence-electron chi connectivity index (χ1n) is 6.12. The van der Waals surface area contributed by atoms with E-state index in [2.05, 4.69) is 33.0 Å². The summed E-state index contributed by atoms with van der Waals surface area (Å²) in [6.45, 7) is 8.97. The Balaban J connectivity index is 2.54. The van der Waals surface area contributed by atoms with Crippen molar-refractivity contribution in [2.24, 2.45) is 4.99 Å². The fourth-order valence-electron chi connectivity index (χ4n) is 1.68. The second-order valence-corrected chi connectivity index (χ2v) is 5.58. The summed E-state index contributed by atoms with van der Waals surface area (Å²) in [4.78, 5) is 4.80. The summed E-state index contributed by atoms with van der Waals surface area (Å²) in [5.74, 6) is 1.16. The van der Waals surface area contributed by atoms with Crippen molar-refractivity contribution < 1.29 is 0 Å². The molecule has 0 aromatic carbocycles. The van der Waals surface area contributed by atoms with Crippen LogP contribution in [0.25, 0.3) is 0 Å². The van der Waals surface area contributed by atoms with E-state index in [1.54, 1.807) is 0 Å². The van der Waals surface area contributed by atoms with Gasteiger partial charge in [0.05, 0.1) is 6.04 Å². The normalized spacial score (nSPS) is 30.5. The number of nitrogens with zero attached hydrogens (tertiary/aromatic N) is 1. The topological polar surface area (TPSA) is 24.4 Å². The van der Waals surface area contributed by atoms with E-state index in [1.165, 1.54) is 24.4 Å². The summed E-state index contributed by atoms with van der Waals surface area (Å²) in [5, 5.41) is 4.72. The van der Waals surface area contributed by atoms with E-state index in [4.69, 9.17) is 4.99 Å². The van der Waals surface area contributed by atoms with E-state index < -0.39 is 0 Å². The molecule has 1 fully saturated rings. The zero-order chi connectivity index (χ0) is 11.3. The molecule has 0 aromatic heterocycles. The Bertz CT molecular complexity index is 228. The summed E-state index contributed by atoms with van der Waals surface area (Å²) < 4.78 is 0. The van der Waals surface area contributed by atoms with Crippen LogP contribution in [0, 0.1) is 0 Å². The van der Waals surface area contributed by atoms with Gasteiger partial charge in [0.1, 0.15) is 0 Å². The van der Waals surface area contributed by atoms with Crippen LogP contribution in [0.5, 0.6) is 0 Å². The third-order valence-electron chi connectivity index (χ3n) is 3.11. The zero-order valence-corrected chi connectivity index (χ0v) is 11.3. The standard InChI is InChI=1S/C12H24N2S/c1-5-8-10(6-2)13-11-14-12(4,7-3)9-15-11/h10H,5-9H2,1-4H3,(H,13,14). The Morgan fingerprint density at radius 1 is 1.47 bits per heavy atom. The lowest BCUT2D eigenvalue weighted by molar-refractivity contribution is 0.464.